The van der Waals surface area contributed by atoms with E-state index in [-0.39, 0.29) is 12.1 Å². The van der Waals surface area contributed by atoms with E-state index in [4.69, 9.17) is 9.47 Å². The number of esters is 1. The minimum atomic E-state index is 0.00856. The van der Waals surface area contributed by atoms with Crippen molar-refractivity contribution in [1.29, 1.82) is 0 Å². The summed E-state index contributed by atoms with van der Waals surface area (Å²) in [6.45, 7) is 19.0. The van der Waals surface area contributed by atoms with Crippen LogP contribution in [0.15, 0.2) is 0 Å². The standard InChI is InChI=1S/C28H54O3.C24H42O.C3H8.2C2H6/c1-4-7-10-12-14-22-27(23-15-13-11-8-5-2)31-28(30)24-18-21-26(19-9-6-3)20-16-17-25-29;1-25-24(12-10-18-14-20-6-2-3-7-21(20)15-18)13-11-19-16-22-8-4-5-9-23(22)17-19;1-3-2;2*1-2/h25-27H,4-24H2,1-3H3;18-24H,2-17H2,1H3;3H2,1-2H3;2*1-2H3. The second-order valence-electron chi connectivity index (χ2n) is 20.5. The first-order valence-electron chi connectivity index (χ1n) is 29.1. The molecule has 4 saturated carbocycles. The maximum absolute atomic E-state index is 12.5. The number of aldehydes is 1. The lowest BCUT2D eigenvalue weighted by Crippen LogP contribution is -2.18. The van der Waals surface area contributed by atoms with Gasteiger partial charge in [-0.2, -0.15) is 0 Å². The van der Waals surface area contributed by atoms with Crippen LogP contribution in [-0.4, -0.2) is 31.6 Å². The van der Waals surface area contributed by atoms with Crippen molar-refractivity contribution in [2.24, 2.45) is 41.4 Å². The van der Waals surface area contributed by atoms with Crippen LogP contribution in [0, 0.1) is 41.4 Å². The summed E-state index contributed by atoms with van der Waals surface area (Å²) in [5.41, 5.74) is 0. The van der Waals surface area contributed by atoms with Gasteiger partial charge in [-0.3, -0.25) is 4.79 Å². The van der Waals surface area contributed by atoms with Crippen LogP contribution in [0.3, 0.4) is 0 Å². The zero-order valence-corrected chi connectivity index (χ0v) is 44.8. The number of ether oxygens (including phenoxy) is 2. The Hall–Kier alpha value is -0.900. The Morgan fingerprint density at radius 3 is 1.30 bits per heavy atom. The average Bonchev–Trinajstić information content (AvgIpc) is 3.93. The third kappa shape index (κ3) is 31.7. The molecule has 0 saturated heterocycles. The number of rotatable bonds is 31. The van der Waals surface area contributed by atoms with Gasteiger partial charge in [-0.25, -0.2) is 0 Å². The molecule has 5 atom stereocenters. The van der Waals surface area contributed by atoms with E-state index in [9.17, 15) is 9.59 Å². The molecule has 4 aliphatic carbocycles. The second kappa shape index (κ2) is 44.9. The minimum absolute atomic E-state index is 0.00856. The monoisotopic (exact) mass is 889 g/mol. The van der Waals surface area contributed by atoms with E-state index >= 15 is 0 Å². The molecule has 4 aliphatic rings. The highest BCUT2D eigenvalue weighted by atomic mass is 16.5. The Kier molecular flexibility index (Phi) is 44.3. The Bertz CT molecular complexity index is 887. The van der Waals surface area contributed by atoms with Crippen molar-refractivity contribution < 1.29 is 19.1 Å². The zero-order chi connectivity index (χ0) is 46.8. The molecule has 4 heteroatoms. The highest BCUT2D eigenvalue weighted by Crippen LogP contribution is 2.48. The van der Waals surface area contributed by atoms with Crippen molar-refractivity contribution in [2.45, 2.75) is 319 Å². The van der Waals surface area contributed by atoms with Crippen molar-refractivity contribution >= 4 is 12.3 Å². The van der Waals surface area contributed by atoms with Crippen molar-refractivity contribution in [3.63, 3.8) is 0 Å². The first kappa shape index (κ1) is 62.1. The summed E-state index contributed by atoms with van der Waals surface area (Å²) >= 11 is 0. The molecule has 4 fully saturated rings. The van der Waals surface area contributed by atoms with Crippen LogP contribution in [0.5, 0.6) is 0 Å². The normalized spacial score (nSPS) is 23.2. The van der Waals surface area contributed by atoms with Crippen LogP contribution in [0.25, 0.3) is 0 Å². The summed E-state index contributed by atoms with van der Waals surface area (Å²) in [6.07, 6.45) is 50.7. The molecule has 0 aromatic rings. The van der Waals surface area contributed by atoms with E-state index in [0.29, 0.717) is 24.9 Å². The molecule has 0 aromatic carbocycles. The average molecular weight is 890 g/mol. The van der Waals surface area contributed by atoms with E-state index in [1.165, 1.54) is 141 Å². The maximum Gasteiger partial charge on any atom is 0.306 e. The molecule has 4 rings (SSSR count). The first-order chi connectivity index (χ1) is 30.9. The number of hydrogen-bond donors (Lipinski definition) is 0. The molecule has 0 aliphatic heterocycles. The molecule has 0 heterocycles. The number of carbonyl (C=O) groups is 2. The molecule has 0 aromatic heterocycles. The van der Waals surface area contributed by atoms with Crippen molar-refractivity contribution in [3.8, 4) is 0 Å². The fraction of sp³-hybridized carbons (Fsp3) is 0.966. The molecule has 376 valence electrons. The summed E-state index contributed by atoms with van der Waals surface area (Å²) in [5.74, 6) is 7.11. The smallest absolute Gasteiger partial charge is 0.306 e. The van der Waals surface area contributed by atoms with Gasteiger partial charge in [0.1, 0.15) is 12.4 Å². The van der Waals surface area contributed by atoms with Gasteiger partial charge in [0.25, 0.3) is 0 Å². The molecule has 0 spiro atoms. The van der Waals surface area contributed by atoms with Crippen molar-refractivity contribution in [3.05, 3.63) is 0 Å². The fourth-order valence-electron chi connectivity index (χ4n) is 11.8. The van der Waals surface area contributed by atoms with Crippen LogP contribution >= 0.6 is 0 Å². The number of fused-ring (bicyclic) bond motifs is 2. The van der Waals surface area contributed by atoms with E-state index in [1.807, 2.05) is 34.8 Å². The van der Waals surface area contributed by atoms with Gasteiger partial charge in [0.05, 0.1) is 6.10 Å². The predicted molar refractivity (Wildman–Crippen MR) is 278 cm³/mol. The van der Waals surface area contributed by atoms with Crippen LogP contribution in [0.4, 0.5) is 0 Å². The second-order valence-corrected chi connectivity index (χ2v) is 20.5. The van der Waals surface area contributed by atoms with Gasteiger partial charge in [0.15, 0.2) is 0 Å². The molecule has 63 heavy (non-hydrogen) atoms. The Morgan fingerprint density at radius 2 is 0.905 bits per heavy atom. The number of methoxy groups -OCH3 is 1. The van der Waals surface area contributed by atoms with Crippen molar-refractivity contribution in [1.82, 2.24) is 0 Å². The lowest BCUT2D eigenvalue weighted by atomic mass is 9.82. The van der Waals surface area contributed by atoms with E-state index in [0.717, 1.165) is 80.3 Å². The fourth-order valence-corrected chi connectivity index (χ4v) is 11.8. The lowest BCUT2D eigenvalue weighted by Gasteiger charge is -2.24. The Morgan fingerprint density at radius 1 is 0.508 bits per heavy atom. The zero-order valence-electron chi connectivity index (χ0n) is 44.8. The summed E-state index contributed by atoms with van der Waals surface area (Å²) in [4.78, 5) is 23.1. The summed E-state index contributed by atoms with van der Waals surface area (Å²) in [5, 5.41) is 0. The SMILES string of the molecule is CC.CC.CCC.CCCCCCCC(CCCCCCC)OC(=O)CCCC(CCCC)CCCC=O.COC(CCC1CC2CCCCC2C1)CCC1CC2CCCCC2C1. The Balaban J connectivity index is 0.00000108. The lowest BCUT2D eigenvalue weighted by molar-refractivity contribution is -0.150. The van der Waals surface area contributed by atoms with Crippen LogP contribution in [0.2, 0.25) is 0 Å². The van der Waals surface area contributed by atoms with Gasteiger partial charge >= 0.3 is 5.97 Å². The van der Waals surface area contributed by atoms with Crippen molar-refractivity contribution in [2.75, 3.05) is 7.11 Å². The summed E-state index contributed by atoms with van der Waals surface area (Å²) in [7, 11) is 1.97. The van der Waals surface area contributed by atoms with E-state index in [1.54, 1.807) is 51.4 Å². The van der Waals surface area contributed by atoms with Gasteiger partial charge in [0.2, 0.25) is 0 Å². The molecule has 0 amide bonds. The molecule has 0 radical (unpaired) electrons. The van der Waals surface area contributed by atoms with E-state index < -0.39 is 0 Å². The Labute approximate surface area is 396 Å². The third-order valence-electron chi connectivity index (χ3n) is 15.3. The van der Waals surface area contributed by atoms with Gasteiger partial charge < -0.3 is 14.3 Å². The predicted octanol–water partition coefficient (Wildman–Crippen LogP) is 19.4. The largest absolute Gasteiger partial charge is 0.462 e. The number of carbonyl (C=O) groups excluding carboxylic acids is 2. The highest BCUT2D eigenvalue weighted by Gasteiger charge is 2.37. The molecule has 4 nitrogen and oxygen atoms in total. The highest BCUT2D eigenvalue weighted by molar-refractivity contribution is 5.69. The molecule has 0 bridgehead atoms. The molecule has 5 unspecified atom stereocenters. The van der Waals surface area contributed by atoms with Gasteiger partial charge in [-0.15, -0.1) is 0 Å². The third-order valence-corrected chi connectivity index (χ3v) is 15.3. The van der Waals surface area contributed by atoms with Gasteiger partial charge in [-0.05, 0) is 138 Å². The number of unbranched alkanes of at least 4 members (excludes halogenated alkanes) is 10. The maximum atomic E-state index is 12.5. The molecule has 0 N–H and O–H groups in total. The molecular formula is C59H116O4. The first-order valence-corrected chi connectivity index (χ1v) is 29.1. The quantitative estimate of drug-likeness (QED) is 0.0395. The minimum Gasteiger partial charge on any atom is -0.462 e. The summed E-state index contributed by atoms with van der Waals surface area (Å²) in [6, 6.07) is 0. The van der Waals surface area contributed by atoms with Gasteiger partial charge in [0, 0.05) is 20.0 Å². The van der Waals surface area contributed by atoms with Crippen LogP contribution < -0.4 is 0 Å². The van der Waals surface area contributed by atoms with Gasteiger partial charge in [-0.1, -0.05) is 197 Å². The van der Waals surface area contributed by atoms with Crippen LogP contribution in [-0.2, 0) is 19.1 Å². The van der Waals surface area contributed by atoms with E-state index in [2.05, 4.69) is 34.6 Å². The number of hydrogen-bond acceptors (Lipinski definition) is 4. The molecular weight excluding hydrogens is 773 g/mol. The topological polar surface area (TPSA) is 52.6 Å². The summed E-state index contributed by atoms with van der Waals surface area (Å²) < 4.78 is 11.8. The van der Waals surface area contributed by atoms with Crippen LogP contribution in [0.1, 0.15) is 306 Å².